The van der Waals surface area contributed by atoms with Crippen LogP contribution in [0.4, 0.5) is 5.69 Å². The van der Waals surface area contributed by atoms with E-state index in [-0.39, 0.29) is 0 Å². The van der Waals surface area contributed by atoms with Crippen molar-refractivity contribution in [3.05, 3.63) is 58.3 Å². The molecular formula is C16H15BrN4O2. The molecule has 2 amide bonds. The van der Waals surface area contributed by atoms with Gasteiger partial charge in [0.25, 0.3) is 0 Å². The summed E-state index contributed by atoms with van der Waals surface area (Å²) < 4.78 is 0.898. The highest BCUT2D eigenvalue weighted by atomic mass is 79.9. The van der Waals surface area contributed by atoms with E-state index in [9.17, 15) is 9.59 Å². The topological polar surface area (TPSA) is 83.5 Å². The average molecular weight is 375 g/mol. The van der Waals surface area contributed by atoms with Crippen LogP contribution in [0.1, 0.15) is 18.1 Å². The van der Waals surface area contributed by atoms with Gasteiger partial charge in [-0.25, -0.2) is 5.43 Å². The van der Waals surface area contributed by atoms with Crippen LogP contribution in [0.15, 0.2) is 52.3 Å². The maximum absolute atomic E-state index is 11.9. The molecular weight excluding hydrogens is 360 g/mol. The number of carbonyl (C=O) groups excluding carboxylic acids is 2. The molecule has 0 aliphatic carbocycles. The van der Waals surface area contributed by atoms with E-state index in [2.05, 4.69) is 36.8 Å². The smallest absolute Gasteiger partial charge is 0.317 e. The Balaban J connectivity index is 1.99. The van der Waals surface area contributed by atoms with Crippen molar-refractivity contribution in [2.24, 2.45) is 5.10 Å². The number of benzene rings is 1. The Bertz CT molecular complexity index is 760. The van der Waals surface area contributed by atoms with E-state index in [4.69, 9.17) is 0 Å². The van der Waals surface area contributed by atoms with Gasteiger partial charge in [0.2, 0.25) is 0 Å². The lowest BCUT2D eigenvalue weighted by molar-refractivity contribution is -0.136. The molecule has 0 fully saturated rings. The predicted molar refractivity (Wildman–Crippen MR) is 92.1 cm³/mol. The number of nitrogens with zero attached hydrogens (tertiary/aromatic N) is 2. The van der Waals surface area contributed by atoms with Gasteiger partial charge in [-0.05, 0) is 49.7 Å². The fourth-order valence-corrected chi connectivity index (χ4v) is 2.27. The van der Waals surface area contributed by atoms with Crippen LogP contribution in [0.3, 0.4) is 0 Å². The van der Waals surface area contributed by atoms with Crippen LogP contribution in [0, 0.1) is 6.92 Å². The summed E-state index contributed by atoms with van der Waals surface area (Å²) in [5, 5.41) is 6.46. The number of carbonyl (C=O) groups is 2. The van der Waals surface area contributed by atoms with Crippen molar-refractivity contribution in [3.8, 4) is 0 Å². The van der Waals surface area contributed by atoms with Gasteiger partial charge in [0.1, 0.15) is 0 Å². The molecule has 0 aliphatic heterocycles. The van der Waals surface area contributed by atoms with Crippen LogP contribution in [0.5, 0.6) is 0 Å². The molecule has 6 nitrogen and oxygen atoms in total. The highest BCUT2D eigenvalue weighted by Gasteiger charge is 2.14. The van der Waals surface area contributed by atoms with Crippen LogP contribution in [0.25, 0.3) is 0 Å². The number of nitrogens with one attached hydrogen (secondary N) is 2. The molecule has 1 aromatic heterocycles. The van der Waals surface area contributed by atoms with E-state index in [1.165, 1.54) is 0 Å². The van der Waals surface area contributed by atoms with E-state index in [0.29, 0.717) is 11.4 Å². The molecule has 118 valence electrons. The minimum absolute atomic E-state index is 0.572. The first kappa shape index (κ1) is 16.8. The summed E-state index contributed by atoms with van der Waals surface area (Å²) in [4.78, 5) is 27.6. The quantitative estimate of drug-likeness (QED) is 0.492. The molecule has 0 aliphatic rings. The molecule has 0 spiro atoms. The standard InChI is InChI=1S/C16H15BrN4O2/c1-10-9-13(17)3-4-14(10)19-15(22)16(23)21-20-11(2)12-5-7-18-8-6-12/h3-9H,1-2H3,(H,19,22)(H,21,23)/b20-11-. The Hall–Kier alpha value is -2.54. The van der Waals surface area contributed by atoms with Crippen LogP contribution in [-0.2, 0) is 9.59 Å². The Morgan fingerprint density at radius 3 is 2.48 bits per heavy atom. The maximum atomic E-state index is 11.9. The molecule has 1 heterocycles. The van der Waals surface area contributed by atoms with Gasteiger partial charge in [-0.1, -0.05) is 15.9 Å². The lowest BCUT2D eigenvalue weighted by atomic mass is 10.2. The van der Waals surface area contributed by atoms with E-state index in [0.717, 1.165) is 15.6 Å². The molecule has 0 atom stereocenters. The molecule has 7 heteroatoms. The number of amides is 2. The first-order valence-electron chi connectivity index (χ1n) is 6.79. The molecule has 1 aromatic carbocycles. The minimum Gasteiger partial charge on any atom is -0.317 e. The van der Waals surface area contributed by atoms with Gasteiger partial charge < -0.3 is 5.32 Å². The summed E-state index contributed by atoms with van der Waals surface area (Å²) in [5.74, 6) is -1.61. The lowest BCUT2D eigenvalue weighted by Crippen LogP contribution is -2.33. The Labute approximate surface area is 142 Å². The summed E-state index contributed by atoms with van der Waals surface area (Å²) >= 11 is 3.34. The summed E-state index contributed by atoms with van der Waals surface area (Å²) in [7, 11) is 0. The third-order valence-electron chi connectivity index (χ3n) is 3.07. The zero-order valence-electron chi connectivity index (χ0n) is 12.6. The van der Waals surface area contributed by atoms with E-state index < -0.39 is 11.8 Å². The molecule has 0 unspecified atom stereocenters. The van der Waals surface area contributed by atoms with Gasteiger partial charge in [-0.3, -0.25) is 14.6 Å². The molecule has 2 aromatic rings. The molecule has 0 saturated carbocycles. The van der Waals surface area contributed by atoms with E-state index >= 15 is 0 Å². The Morgan fingerprint density at radius 2 is 1.83 bits per heavy atom. The second-order valence-corrected chi connectivity index (χ2v) is 5.70. The number of rotatable bonds is 3. The van der Waals surface area contributed by atoms with Gasteiger partial charge in [0.15, 0.2) is 0 Å². The fraction of sp³-hybridized carbons (Fsp3) is 0.125. The van der Waals surface area contributed by atoms with Gasteiger partial charge >= 0.3 is 11.8 Å². The predicted octanol–water partition coefficient (Wildman–Crippen LogP) is 2.63. The molecule has 0 radical (unpaired) electrons. The number of hydrogen-bond donors (Lipinski definition) is 2. The van der Waals surface area contributed by atoms with Crippen LogP contribution < -0.4 is 10.7 Å². The molecule has 0 bridgehead atoms. The number of anilines is 1. The number of hydrogen-bond acceptors (Lipinski definition) is 4. The third-order valence-corrected chi connectivity index (χ3v) is 3.56. The average Bonchev–Trinajstić information content (AvgIpc) is 2.55. The van der Waals surface area contributed by atoms with Crippen LogP contribution in [0.2, 0.25) is 0 Å². The third kappa shape index (κ3) is 4.72. The number of aromatic nitrogens is 1. The number of aryl methyl sites for hydroxylation is 1. The Kier molecular flexibility index (Phi) is 5.59. The molecule has 2 N–H and O–H groups in total. The molecule has 0 saturated heterocycles. The summed E-state index contributed by atoms with van der Waals surface area (Å²) in [5.41, 5.74) is 5.04. The molecule has 23 heavy (non-hydrogen) atoms. The summed E-state index contributed by atoms with van der Waals surface area (Å²) in [6, 6.07) is 8.87. The second-order valence-electron chi connectivity index (χ2n) is 4.79. The van der Waals surface area contributed by atoms with Crippen LogP contribution >= 0.6 is 15.9 Å². The number of hydrazone groups is 1. The van der Waals surface area contributed by atoms with Gasteiger partial charge in [-0.15, -0.1) is 0 Å². The van der Waals surface area contributed by atoms with E-state index in [1.54, 1.807) is 43.6 Å². The van der Waals surface area contributed by atoms with Crippen LogP contribution in [-0.4, -0.2) is 22.5 Å². The summed E-state index contributed by atoms with van der Waals surface area (Å²) in [6.07, 6.45) is 3.25. The van der Waals surface area contributed by atoms with Crippen molar-refractivity contribution in [3.63, 3.8) is 0 Å². The SMILES string of the molecule is C/C(=N/NC(=O)C(=O)Nc1ccc(Br)cc1C)c1ccncc1. The van der Waals surface area contributed by atoms with Gasteiger partial charge in [0.05, 0.1) is 5.71 Å². The monoisotopic (exact) mass is 374 g/mol. The van der Waals surface area contributed by atoms with Crippen molar-refractivity contribution in [2.75, 3.05) is 5.32 Å². The highest BCUT2D eigenvalue weighted by molar-refractivity contribution is 9.10. The lowest BCUT2D eigenvalue weighted by Gasteiger charge is -2.08. The zero-order valence-corrected chi connectivity index (χ0v) is 14.2. The van der Waals surface area contributed by atoms with Crippen molar-refractivity contribution in [1.82, 2.24) is 10.4 Å². The van der Waals surface area contributed by atoms with Crippen molar-refractivity contribution < 1.29 is 9.59 Å². The van der Waals surface area contributed by atoms with Crippen molar-refractivity contribution >= 4 is 39.1 Å². The number of halogens is 1. The van der Waals surface area contributed by atoms with Crippen molar-refractivity contribution in [2.45, 2.75) is 13.8 Å². The minimum atomic E-state index is -0.833. The highest BCUT2D eigenvalue weighted by Crippen LogP contribution is 2.19. The largest absolute Gasteiger partial charge is 0.329 e. The fourth-order valence-electron chi connectivity index (χ4n) is 1.79. The van der Waals surface area contributed by atoms with Gasteiger partial charge in [0, 0.05) is 28.1 Å². The first-order chi connectivity index (χ1) is 11.0. The normalized spacial score (nSPS) is 11.0. The molecule has 2 rings (SSSR count). The maximum Gasteiger partial charge on any atom is 0.329 e. The second kappa shape index (κ2) is 7.64. The summed E-state index contributed by atoms with van der Waals surface area (Å²) in [6.45, 7) is 3.57. The van der Waals surface area contributed by atoms with Gasteiger partial charge in [-0.2, -0.15) is 5.10 Å². The zero-order chi connectivity index (χ0) is 16.8. The first-order valence-corrected chi connectivity index (χ1v) is 7.59. The number of pyridine rings is 1. The van der Waals surface area contributed by atoms with Crippen molar-refractivity contribution in [1.29, 1.82) is 0 Å². The Morgan fingerprint density at radius 1 is 1.13 bits per heavy atom. The van der Waals surface area contributed by atoms with E-state index in [1.807, 2.05) is 13.0 Å².